The van der Waals surface area contributed by atoms with Crippen LogP contribution in [0.5, 0.6) is 0 Å². The Kier molecular flexibility index (Phi) is 4.87. The fraction of sp³-hybridized carbons (Fsp3) is 1.00. The van der Waals surface area contributed by atoms with E-state index in [-0.39, 0.29) is 0 Å². The summed E-state index contributed by atoms with van der Waals surface area (Å²) in [6.07, 6.45) is 11.6. The number of ether oxygens (including phenoxy) is 1. The van der Waals surface area contributed by atoms with Crippen molar-refractivity contribution < 1.29 is 4.74 Å². The summed E-state index contributed by atoms with van der Waals surface area (Å²) in [6.45, 7) is 7.01. The van der Waals surface area contributed by atoms with Gasteiger partial charge in [0.15, 0.2) is 0 Å². The highest BCUT2D eigenvalue weighted by molar-refractivity contribution is 4.85. The summed E-state index contributed by atoms with van der Waals surface area (Å²) in [4.78, 5) is 0. The second-order valence-electron chi connectivity index (χ2n) is 5.99. The van der Waals surface area contributed by atoms with E-state index in [0.717, 1.165) is 13.1 Å². The highest BCUT2D eigenvalue weighted by Gasteiger charge is 2.33. The molecule has 0 unspecified atom stereocenters. The lowest BCUT2D eigenvalue weighted by Gasteiger charge is -2.40. The summed E-state index contributed by atoms with van der Waals surface area (Å²) in [6, 6.07) is 0. The minimum Gasteiger partial charge on any atom is -0.375 e. The molecule has 0 amide bonds. The molecule has 0 radical (unpaired) electrons. The topological polar surface area (TPSA) is 21.3 Å². The Morgan fingerprint density at radius 1 is 0.941 bits per heavy atom. The maximum Gasteiger partial charge on any atom is 0.0603 e. The molecule has 2 fully saturated rings. The van der Waals surface area contributed by atoms with Crippen molar-refractivity contribution in [1.29, 1.82) is 0 Å². The van der Waals surface area contributed by atoms with Gasteiger partial charge in [-0.3, -0.25) is 0 Å². The molecule has 1 heterocycles. The maximum absolute atomic E-state index is 6.27. The predicted octanol–water partition coefficient (Wildman–Crippen LogP) is 3.50. The van der Waals surface area contributed by atoms with Crippen molar-refractivity contribution in [3.05, 3.63) is 0 Å². The van der Waals surface area contributed by atoms with Crippen molar-refractivity contribution in [2.75, 3.05) is 13.1 Å². The van der Waals surface area contributed by atoms with E-state index in [1.165, 1.54) is 51.4 Å². The monoisotopic (exact) mass is 239 g/mol. The molecule has 100 valence electrons. The molecule has 2 aliphatic rings. The van der Waals surface area contributed by atoms with Crippen LogP contribution in [0.1, 0.15) is 65.2 Å². The van der Waals surface area contributed by atoms with Crippen LogP contribution in [0.3, 0.4) is 0 Å². The Morgan fingerprint density at radius 2 is 1.47 bits per heavy atom. The van der Waals surface area contributed by atoms with Crippen LogP contribution in [0.4, 0.5) is 0 Å². The van der Waals surface area contributed by atoms with Gasteiger partial charge in [0, 0.05) is 0 Å². The molecule has 1 aliphatic heterocycles. The van der Waals surface area contributed by atoms with Gasteiger partial charge in [-0.05, 0) is 57.0 Å². The summed E-state index contributed by atoms with van der Waals surface area (Å²) in [7, 11) is 0. The van der Waals surface area contributed by atoms with Crippen LogP contribution < -0.4 is 5.32 Å². The zero-order chi connectivity index (χ0) is 12.1. The molecule has 2 heteroatoms. The van der Waals surface area contributed by atoms with E-state index >= 15 is 0 Å². The third kappa shape index (κ3) is 3.45. The average Bonchev–Trinajstić information content (AvgIpc) is 2.41. The second-order valence-corrected chi connectivity index (χ2v) is 5.99. The van der Waals surface area contributed by atoms with Crippen molar-refractivity contribution >= 4 is 0 Å². The van der Waals surface area contributed by atoms with Gasteiger partial charge in [0.1, 0.15) is 0 Å². The van der Waals surface area contributed by atoms with E-state index in [4.69, 9.17) is 4.74 Å². The van der Waals surface area contributed by atoms with Gasteiger partial charge >= 0.3 is 0 Å². The van der Waals surface area contributed by atoms with Crippen molar-refractivity contribution in [3.63, 3.8) is 0 Å². The lowest BCUT2D eigenvalue weighted by molar-refractivity contribution is -0.0609. The minimum atomic E-state index is 0.539. The first kappa shape index (κ1) is 13.4. The normalized spacial score (nSPS) is 27.2. The molecule has 0 spiro atoms. The van der Waals surface area contributed by atoms with E-state index in [1.54, 1.807) is 0 Å². The third-order valence-electron chi connectivity index (χ3n) is 5.16. The molecule has 0 aromatic rings. The molecule has 0 aromatic carbocycles. The molecular weight excluding hydrogens is 210 g/mol. The first-order chi connectivity index (χ1) is 8.28. The smallest absolute Gasteiger partial charge is 0.0603 e. The Labute approximate surface area is 107 Å². The Bertz CT molecular complexity index is 209. The van der Waals surface area contributed by atoms with Crippen LogP contribution in [0.2, 0.25) is 0 Å². The highest BCUT2D eigenvalue weighted by Crippen LogP contribution is 2.42. The Morgan fingerprint density at radius 3 is 2.00 bits per heavy atom. The predicted molar refractivity (Wildman–Crippen MR) is 72.2 cm³/mol. The van der Waals surface area contributed by atoms with Gasteiger partial charge < -0.3 is 10.1 Å². The van der Waals surface area contributed by atoms with Gasteiger partial charge in [-0.1, -0.05) is 26.7 Å². The zero-order valence-electron chi connectivity index (χ0n) is 11.6. The lowest BCUT2D eigenvalue weighted by Crippen LogP contribution is -2.37. The fourth-order valence-electron chi connectivity index (χ4n) is 3.50. The van der Waals surface area contributed by atoms with Crippen molar-refractivity contribution in [3.8, 4) is 0 Å². The Hall–Kier alpha value is -0.0800. The zero-order valence-corrected chi connectivity index (χ0v) is 11.6. The summed E-state index contributed by atoms with van der Waals surface area (Å²) < 4.78 is 6.27. The number of piperidine rings is 1. The van der Waals surface area contributed by atoms with Crippen molar-refractivity contribution in [2.45, 2.75) is 77.4 Å². The van der Waals surface area contributed by atoms with Crippen LogP contribution in [0.25, 0.3) is 0 Å². The number of hydrogen-bond acceptors (Lipinski definition) is 2. The van der Waals surface area contributed by atoms with Gasteiger partial charge in [0.25, 0.3) is 0 Å². The molecule has 1 saturated carbocycles. The molecular formula is C15H29NO. The van der Waals surface area contributed by atoms with Crippen molar-refractivity contribution in [2.24, 2.45) is 5.41 Å². The van der Waals surface area contributed by atoms with E-state index in [9.17, 15) is 0 Å². The molecule has 0 atom stereocenters. The van der Waals surface area contributed by atoms with Crippen LogP contribution in [-0.2, 0) is 4.74 Å². The van der Waals surface area contributed by atoms with Crippen LogP contribution in [0, 0.1) is 5.41 Å². The molecule has 1 N–H and O–H groups in total. The molecule has 17 heavy (non-hydrogen) atoms. The summed E-state index contributed by atoms with van der Waals surface area (Å²) >= 11 is 0. The average molecular weight is 239 g/mol. The quantitative estimate of drug-likeness (QED) is 0.810. The van der Waals surface area contributed by atoms with E-state index in [0.29, 0.717) is 17.6 Å². The summed E-state index contributed by atoms with van der Waals surface area (Å²) in [5, 5.41) is 3.40. The van der Waals surface area contributed by atoms with Crippen LogP contribution in [0.15, 0.2) is 0 Å². The number of hydrogen-bond donors (Lipinski definition) is 1. The molecule has 2 nitrogen and oxygen atoms in total. The largest absolute Gasteiger partial charge is 0.375 e. The maximum atomic E-state index is 6.27. The standard InChI is InChI=1S/C15H29NO/c1-3-15(4-2)9-5-13(6-10-15)17-14-7-11-16-12-8-14/h13-14,16H,3-12H2,1-2H3. The van der Waals surface area contributed by atoms with Crippen LogP contribution >= 0.6 is 0 Å². The molecule has 2 rings (SSSR count). The highest BCUT2D eigenvalue weighted by atomic mass is 16.5. The van der Waals surface area contributed by atoms with E-state index in [2.05, 4.69) is 19.2 Å². The second kappa shape index (κ2) is 6.19. The number of nitrogens with one attached hydrogen (secondary N) is 1. The first-order valence-electron chi connectivity index (χ1n) is 7.64. The van der Waals surface area contributed by atoms with Gasteiger partial charge in [0.2, 0.25) is 0 Å². The minimum absolute atomic E-state index is 0.539. The van der Waals surface area contributed by atoms with Crippen LogP contribution in [-0.4, -0.2) is 25.3 Å². The lowest BCUT2D eigenvalue weighted by atomic mass is 9.70. The van der Waals surface area contributed by atoms with Gasteiger partial charge in [-0.2, -0.15) is 0 Å². The van der Waals surface area contributed by atoms with Gasteiger partial charge in [0.05, 0.1) is 12.2 Å². The van der Waals surface area contributed by atoms with E-state index < -0.39 is 0 Å². The van der Waals surface area contributed by atoms with E-state index in [1.807, 2.05) is 0 Å². The molecule has 1 aliphatic carbocycles. The van der Waals surface area contributed by atoms with Gasteiger partial charge in [-0.15, -0.1) is 0 Å². The summed E-state index contributed by atoms with van der Waals surface area (Å²) in [5.41, 5.74) is 0.647. The molecule has 0 aromatic heterocycles. The van der Waals surface area contributed by atoms with Gasteiger partial charge in [-0.25, -0.2) is 0 Å². The Balaban J connectivity index is 1.74. The number of rotatable bonds is 4. The third-order valence-corrected chi connectivity index (χ3v) is 5.16. The molecule has 0 bridgehead atoms. The SMILES string of the molecule is CCC1(CC)CCC(OC2CCNCC2)CC1. The fourth-order valence-corrected chi connectivity index (χ4v) is 3.50. The first-order valence-corrected chi connectivity index (χ1v) is 7.64. The summed E-state index contributed by atoms with van der Waals surface area (Å²) in [5.74, 6) is 0. The molecule has 1 saturated heterocycles. The van der Waals surface area contributed by atoms with Crippen molar-refractivity contribution in [1.82, 2.24) is 5.32 Å².